The quantitative estimate of drug-likeness (QED) is 0.924. The number of aromatic nitrogens is 2. The van der Waals surface area contributed by atoms with Crippen LogP contribution in [0.15, 0.2) is 35.1 Å². The summed E-state index contributed by atoms with van der Waals surface area (Å²) in [5, 5.41) is 4.82. The molecule has 3 nitrogen and oxygen atoms in total. The van der Waals surface area contributed by atoms with E-state index >= 15 is 0 Å². The van der Waals surface area contributed by atoms with Crippen LogP contribution in [0.25, 0.3) is 5.69 Å². The van der Waals surface area contributed by atoms with E-state index in [1.165, 1.54) is 0 Å². The van der Waals surface area contributed by atoms with E-state index in [0.29, 0.717) is 5.02 Å². The average molecular weight is 301 g/mol. The first-order valence-electron chi connectivity index (χ1n) is 4.83. The molecule has 0 radical (unpaired) electrons. The van der Waals surface area contributed by atoms with Crippen molar-refractivity contribution in [3.05, 3.63) is 45.7 Å². The summed E-state index contributed by atoms with van der Waals surface area (Å²) < 4.78 is 2.64. The van der Waals surface area contributed by atoms with Gasteiger partial charge in [-0.05, 0) is 40.5 Å². The number of rotatable bonds is 2. The van der Waals surface area contributed by atoms with Crippen molar-refractivity contribution in [2.75, 3.05) is 0 Å². The van der Waals surface area contributed by atoms with Crippen LogP contribution in [0.3, 0.4) is 0 Å². The normalized spacial score (nSPS) is 12.8. The molecule has 0 saturated heterocycles. The predicted molar refractivity (Wildman–Crippen MR) is 68.9 cm³/mol. The molecule has 0 bridgehead atoms. The van der Waals surface area contributed by atoms with Crippen LogP contribution in [-0.4, -0.2) is 9.78 Å². The van der Waals surface area contributed by atoms with Crippen molar-refractivity contribution in [1.82, 2.24) is 9.78 Å². The third-order valence-corrected chi connectivity index (χ3v) is 3.01. The summed E-state index contributed by atoms with van der Waals surface area (Å²) in [4.78, 5) is 0. The summed E-state index contributed by atoms with van der Waals surface area (Å²) in [5.74, 6) is 0. The van der Waals surface area contributed by atoms with Gasteiger partial charge in [-0.3, -0.25) is 0 Å². The highest BCUT2D eigenvalue weighted by Gasteiger charge is 2.07. The standard InChI is InChI=1S/C11H11BrClN3/c1-7(14)8-2-3-11(10(13)4-8)16-6-9(12)5-15-16/h2-7H,14H2,1H3/t7-/m0/s1. The zero-order valence-electron chi connectivity index (χ0n) is 8.69. The Morgan fingerprint density at radius 1 is 1.50 bits per heavy atom. The summed E-state index contributed by atoms with van der Waals surface area (Å²) in [6.07, 6.45) is 3.57. The molecule has 0 spiro atoms. The largest absolute Gasteiger partial charge is 0.324 e. The fraction of sp³-hybridized carbons (Fsp3) is 0.182. The summed E-state index contributed by atoms with van der Waals surface area (Å²) in [7, 11) is 0. The Balaban J connectivity index is 2.44. The number of hydrogen-bond acceptors (Lipinski definition) is 2. The van der Waals surface area contributed by atoms with Crippen molar-refractivity contribution < 1.29 is 0 Å². The second kappa shape index (κ2) is 4.57. The Bertz CT molecular complexity index is 508. The van der Waals surface area contributed by atoms with Crippen molar-refractivity contribution in [3.63, 3.8) is 0 Å². The first-order chi connectivity index (χ1) is 7.58. The van der Waals surface area contributed by atoms with Gasteiger partial charge in [0.05, 0.1) is 21.4 Å². The molecule has 1 aromatic carbocycles. The van der Waals surface area contributed by atoms with Gasteiger partial charge < -0.3 is 5.73 Å². The Morgan fingerprint density at radius 3 is 2.75 bits per heavy atom. The van der Waals surface area contributed by atoms with Gasteiger partial charge in [-0.25, -0.2) is 4.68 Å². The molecular weight excluding hydrogens is 289 g/mol. The van der Waals surface area contributed by atoms with Crippen molar-refractivity contribution in [3.8, 4) is 5.69 Å². The van der Waals surface area contributed by atoms with Crippen molar-refractivity contribution in [1.29, 1.82) is 0 Å². The van der Waals surface area contributed by atoms with E-state index in [9.17, 15) is 0 Å². The Hall–Kier alpha value is -0.840. The summed E-state index contributed by atoms with van der Waals surface area (Å²) in [5.41, 5.74) is 7.64. The minimum Gasteiger partial charge on any atom is -0.324 e. The van der Waals surface area contributed by atoms with E-state index in [1.807, 2.05) is 31.3 Å². The molecular formula is C11H11BrClN3. The van der Waals surface area contributed by atoms with E-state index < -0.39 is 0 Å². The highest BCUT2D eigenvalue weighted by atomic mass is 79.9. The monoisotopic (exact) mass is 299 g/mol. The van der Waals surface area contributed by atoms with Crippen molar-refractivity contribution in [2.45, 2.75) is 13.0 Å². The van der Waals surface area contributed by atoms with Crippen LogP contribution in [0, 0.1) is 0 Å². The molecule has 5 heteroatoms. The first kappa shape index (κ1) is 11.6. The number of benzene rings is 1. The minimum atomic E-state index is -0.0177. The number of hydrogen-bond donors (Lipinski definition) is 1. The van der Waals surface area contributed by atoms with E-state index in [0.717, 1.165) is 15.7 Å². The van der Waals surface area contributed by atoms with Gasteiger partial charge >= 0.3 is 0 Å². The minimum absolute atomic E-state index is 0.0177. The maximum atomic E-state index is 6.19. The lowest BCUT2D eigenvalue weighted by Crippen LogP contribution is -2.05. The van der Waals surface area contributed by atoms with E-state index in [4.69, 9.17) is 17.3 Å². The van der Waals surface area contributed by atoms with Gasteiger partial charge in [-0.2, -0.15) is 5.10 Å². The molecule has 0 aliphatic heterocycles. The molecule has 0 unspecified atom stereocenters. The molecule has 84 valence electrons. The first-order valence-corrected chi connectivity index (χ1v) is 6.00. The molecule has 1 heterocycles. The molecule has 0 aliphatic rings. The summed E-state index contributed by atoms with van der Waals surface area (Å²) in [6, 6.07) is 5.73. The molecule has 0 fully saturated rings. The van der Waals surface area contributed by atoms with Crippen LogP contribution in [0.2, 0.25) is 5.02 Å². The molecule has 2 rings (SSSR count). The summed E-state index contributed by atoms with van der Waals surface area (Å²) in [6.45, 7) is 1.93. The van der Waals surface area contributed by atoms with Gasteiger partial charge in [0.1, 0.15) is 0 Å². The third kappa shape index (κ3) is 2.29. The second-order valence-corrected chi connectivity index (χ2v) is 4.93. The van der Waals surface area contributed by atoms with Crippen LogP contribution in [-0.2, 0) is 0 Å². The van der Waals surface area contributed by atoms with E-state index in [2.05, 4.69) is 21.0 Å². The van der Waals surface area contributed by atoms with Crippen LogP contribution in [0.1, 0.15) is 18.5 Å². The molecule has 0 aliphatic carbocycles. The molecule has 16 heavy (non-hydrogen) atoms. The third-order valence-electron chi connectivity index (χ3n) is 2.30. The highest BCUT2D eigenvalue weighted by molar-refractivity contribution is 9.10. The molecule has 0 amide bonds. The lowest BCUT2D eigenvalue weighted by molar-refractivity contribution is 0.814. The number of nitrogens with two attached hydrogens (primary N) is 1. The van der Waals surface area contributed by atoms with Gasteiger partial charge in [-0.1, -0.05) is 17.7 Å². The molecule has 2 aromatic rings. The predicted octanol–water partition coefficient (Wildman–Crippen LogP) is 3.31. The van der Waals surface area contributed by atoms with Crippen LogP contribution >= 0.6 is 27.5 Å². The van der Waals surface area contributed by atoms with E-state index in [-0.39, 0.29) is 6.04 Å². The Kier molecular flexibility index (Phi) is 3.33. The zero-order chi connectivity index (χ0) is 11.7. The van der Waals surface area contributed by atoms with Gasteiger partial charge in [0.15, 0.2) is 0 Å². The molecule has 1 aromatic heterocycles. The second-order valence-electron chi connectivity index (χ2n) is 3.60. The van der Waals surface area contributed by atoms with E-state index in [1.54, 1.807) is 10.9 Å². The maximum Gasteiger partial charge on any atom is 0.0832 e. The van der Waals surface area contributed by atoms with Crippen LogP contribution in [0.5, 0.6) is 0 Å². The molecule has 1 atom stereocenters. The average Bonchev–Trinajstić information content (AvgIpc) is 2.64. The van der Waals surface area contributed by atoms with Crippen LogP contribution in [0.4, 0.5) is 0 Å². The van der Waals surface area contributed by atoms with Gasteiger partial charge in [0.25, 0.3) is 0 Å². The Morgan fingerprint density at radius 2 is 2.25 bits per heavy atom. The fourth-order valence-corrected chi connectivity index (χ4v) is 1.99. The Labute approximate surface area is 107 Å². The molecule has 0 saturated carbocycles. The van der Waals surface area contributed by atoms with Gasteiger partial charge in [0, 0.05) is 12.2 Å². The van der Waals surface area contributed by atoms with Crippen molar-refractivity contribution in [2.24, 2.45) is 5.73 Å². The lowest BCUT2D eigenvalue weighted by Gasteiger charge is -2.09. The topological polar surface area (TPSA) is 43.8 Å². The SMILES string of the molecule is C[C@H](N)c1ccc(-n2cc(Br)cn2)c(Cl)c1. The van der Waals surface area contributed by atoms with Gasteiger partial charge in [-0.15, -0.1) is 0 Å². The molecule has 2 N–H and O–H groups in total. The lowest BCUT2D eigenvalue weighted by atomic mass is 10.1. The smallest absolute Gasteiger partial charge is 0.0832 e. The van der Waals surface area contributed by atoms with Crippen molar-refractivity contribution >= 4 is 27.5 Å². The summed E-state index contributed by atoms with van der Waals surface area (Å²) >= 11 is 9.53. The van der Waals surface area contributed by atoms with Gasteiger partial charge in [0.2, 0.25) is 0 Å². The number of nitrogens with zero attached hydrogens (tertiary/aromatic N) is 2. The fourth-order valence-electron chi connectivity index (χ4n) is 1.42. The van der Waals surface area contributed by atoms with Crippen LogP contribution < -0.4 is 5.73 Å². The zero-order valence-corrected chi connectivity index (χ0v) is 11.0. The number of halogens is 2. The highest BCUT2D eigenvalue weighted by Crippen LogP contribution is 2.24. The maximum absolute atomic E-state index is 6.19.